The quantitative estimate of drug-likeness (QED) is 0.660. The Morgan fingerprint density at radius 3 is 2.19 bits per heavy atom. The van der Waals surface area contributed by atoms with E-state index in [-0.39, 0.29) is 0 Å². The second kappa shape index (κ2) is 5.24. The molecule has 1 rings (SSSR count). The van der Waals surface area contributed by atoms with Crippen LogP contribution in [0.4, 0.5) is 5.69 Å². The molecule has 0 N–H and O–H groups in total. The highest BCUT2D eigenvalue weighted by atomic mass is 16.3. The molecule has 0 saturated carbocycles. The van der Waals surface area contributed by atoms with E-state index in [2.05, 4.69) is 32.9 Å². The van der Waals surface area contributed by atoms with E-state index in [4.69, 9.17) is 0 Å². The summed E-state index contributed by atoms with van der Waals surface area (Å²) in [4.78, 5) is 10.3. The molecule has 1 aromatic rings. The Bertz CT molecular complexity index is 338. The van der Waals surface area contributed by atoms with Gasteiger partial charge in [0.05, 0.1) is 0 Å². The lowest BCUT2D eigenvalue weighted by Crippen LogP contribution is -2.19. The number of nitroso groups, excluding NO2 is 1. The highest BCUT2D eigenvalue weighted by Gasteiger charge is 2.21. The van der Waals surface area contributed by atoms with Crippen LogP contribution in [-0.2, 0) is 6.42 Å². The molecule has 0 fully saturated rings. The summed E-state index contributed by atoms with van der Waals surface area (Å²) in [5, 5.41) is 2.90. The highest BCUT2D eigenvalue weighted by molar-refractivity contribution is 5.38. The summed E-state index contributed by atoms with van der Waals surface area (Å²) >= 11 is 0. The predicted molar refractivity (Wildman–Crippen MR) is 68.8 cm³/mol. The van der Waals surface area contributed by atoms with E-state index < -0.39 is 0 Å². The predicted octanol–water partition coefficient (Wildman–Crippen LogP) is 4.70. The first kappa shape index (κ1) is 12.9. The number of hydrogen-bond acceptors (Lipinski definition) is 2. The van der Waals surface area contributed by atoms with E-state index >= 15 is 0 Å². The second-order valence-electron chi connectivity index (χ2n) is 5.40. The molecule has 0 heterocycles. The Morgan fingerprint density at radius 1 is 1.19 bits per heavy atom. The summed E-state index contributed by atoms with van der Waals surface area (Å²) in [5.74, 6) is 0.684. The molecule has 0 aliphatic carbocycles. The maximum Gasteiger partial charge on any atom is 0.108 e. The van der Waals surface area contributed by atoms with Crippen LogP contribution in [0.3, 0.4) is 0 Å². The van der Waals surface area contributed by atoms with Gasteiger partial charge in [-0.15, -0.1) is 4.91 Å². The third-order valence-corrected chi connectivity index (χ3v) is 3.66. The fraction of sp³-hybridized carbons (Fsp3) is 0.571. The second-order valence-corrected chi connectivity index (χ2v) is 5.40. The molecule has 0 amide bonds. The number of rotatable bonds is 5. The van der Waals surface area contributed by atoms with Gasteiger partial charge in [0.2, 0.25) is 0 Å². The minimum atomic E-state index is 0.363. The SMILES string of the molecule is CC(C)C(C)(C)CCc1ccc(N=O)cc1. The molecule has 88 valence electrons. The zero-order chi connectivity index (χ0) is 12.2. The fourth-order valence-electron chi connectivity index (χ4n) is 1.48. The molecule has 0 spiro atoms. The summed E-state index contributed by atoms with van der Waals surface area (Å²) in [6.45, 7) is 9.14. The van der Waals surface area contributed by atoms with E-state index in [0.29, 0.717) is 17.0 Å². The molecule has 16 heavy (non-hydrogen) atoms. The van der Waals surface area contributed by atoms with Crippen LogP contribution in [0.15, 0.2) is 29.4 Å². The molecule has 0 aliphatic rings. The van der Waals surface area contributed by atoms with Crippen LogP contribution in [0, 0.1) is 16.2 Å². The van der Waals surface area contributed by atoms with Crippen molar-refractivity contribution in [2.24, 2.45) is 16.5 Å². The van der Waals surface area contributed by atoms with Gasteiger partial charge in [0.15, 0.2) is 0 Å². The Balaban J connectivity index is 2.58. The summed E-state index contributed by atoms with van der Waals surface area (Å²) in [7, 11) is 0. The first-order chi connectivity index (χ1) is 7.45. The Morgan fingerprint density at radius 2 is 1.75 bits per heavy atom. The van der Waals surface area contributed by atoms with Crippen LogP contribution in [0.2, 0.25) is 0 Å². The standard InChI is InChI=1S/C14H21NO/c1-11(2)14(3,4)10-9-12-5-7-13(15-16)8-6-12/h5-8,11H,9-10H2,1-4H3. The molecule has 0 aromatic heterocycles. The monoisotopic (exact) mass is 219 g/mol. The molecular formula is C14H21NO. The molecule has 2 nitrogen and oxygen atoms in total. The van der Waals surface area contributed by atoms with Crippen molar-refractivity contribution in [2.75, 3.05) is 0 Å². The van der Waals surface area contributed by atoms with Crippen molar-refractivity contribution < 1.29 is 0 Å². The normalized spacial score (nSPS) is 11.8. The van der Waals surface area contributed by atoms with Crippen LogP contribution in [0.5, 0.6) is 0 Å². The van der Waals surface area contributed by atoms with Gasteiger partial charge < -0.3 is 0 Å². The molecule has 2 heteroatoms. The van der Waals surface area contributed by atoms with E-state index in [1.54, 1.807) is 12.1 Å². The fourth-order valence-corrected chi connectivity index (χ4v) is 1.48. The summed E-state index contributed by atoms with van der Waals surface area (Å²) in [6.07, 6.45) is 2.23. The largest absolute Gasteiger partial charge is 0.145 e. The van der Waals surface area contributed by atoms with Gasteiger partial charge in [-0.3, -0.25) is 0 Å². The molecule has 0 unspecified atom stereocenters. The maximum absolute atomic E-state index is 10.3. The average Bonchev–Trinajstić information content (AvgIpc) is 2.27. The van der Waals surface area contributed by atoms with Crippen molar-refractivity contribution in [3.8, 4) is 0 Å². The van der Waals surface area contributed by atoms with Gasteiger partial charge in [0, 0.05) is 0 Å². The molecule has 0 atom stereocenters. The summed E-state index contributed by atoms with van der Waals surface area (Å²) in [6, 6.07) is 7.55. The minimum Gasteiger partial charge on any atom is -0.145 e. The molecule has 0 saturated heterocycles. The van der Waals surface area contributed by atoms with Crippen LogP contribution in [0.25, 0.3) is 0 Å². The number of aryl methyl sites for hydroxylation is 1. The lowest BCUT2D eigenvalue weighted by Gasteiger charge is -2.29. The van der Waals surface area contributed by atoms with Gasteiger partial charge in [0.25, 0.3) is 0 Å². The molecule has 0 radical (unpaired) electrons. The molecule has 1 aromatic carbocycles. The van der Waals surface area contributed by atoms with Crippen molar-refractivity contribution in [2.45, 2.75) is 40.5 Å². The van der Waals surface area contributed by atoms with Gasteiger partial charge in [-0.2, -0.15) is 0 Å². The van der Waals surface area contributed by atoms with Crippen molar-refractivity contribution in [1.82, 2.24) is 0 Å². The number of nitrogens with zero attached hydrogens (tertiary/aromatic N) is 1. The number of benzene rings is 1. The maximum atomic E-state index is 10.3. The number of hydrogen-bond donors (Lipinski definition) is 0. The van der Waals surface area contributed by atoms with Crippen LogP contribution < -0.4 is 0 Å². The zero-order valence-electron chi connectivity index (χ0n) is 10.7. The van der Waals surface area contributed by atoms with Gasteiger partial charge in [-0.25, -0.2) is 0 Å². The Labute approximate surface area is 98.0 Å². The molecule has 0 aliphatic heterocycles. The van der Waals surface area contributed by atoms with Crippen molar-refractivity contribution in [1.29, 1.82) is 0 Å². The average molecular weight is 219 g/mol. The Kier molecular flexibility index (Phi) is 4.22. The van der Waals surface area contributed by atoms with Crippen molar-refractivity contribution >= 4 is 5.69 Å². The van der Waals surface area contributed by atoms with Crippen molar-refractivity contribution in [3.63, 3.8) is 0 Å². The van der Waals surface area contributed by atoms with Gasteiger partial charge in [-0.1, -0.05) is 39.8 Å². The minimum absolute atomic E-state index is 0.363. The van der Waals surface area contributed by atoms with E-state index in [1.165, 1.54) is 12.0 Å². The zero-order valence-corrected chi connectivity index (χ0v) is 10.7. The van der Waals surface area contributed by atoms with Gasteiger partial charge in [0.1, 0.15) is 5.69 Å². The molecule has 0 bridgehead atoms. The van der Waals surface area contributed by atoms with Crippen molar-refractivity contribution in [3.05, 3.63) is 34.7 Å². The summed E-state index contributed by atoms with van der Waals surface area (Å²) in [5.41, 5.74) is 2.15. The molecular weight excluding hydrogens is 198 g/mol. The third kappa shape index (κ3) is 3.44. The van der Waals surface area contributed by atoms with Crippen LogP contribution >= 0.6 is 0 Å². The first-order valence-electron chi connectivity index (χ1n) is 5.88. The highest BCUT2D eigenvalue weighted by Crippen LogP contribution is 2.31. The smallest absolute Gasteiger partial charge is 0.108 e. The van der Waals surface area contributed by atoms with E-state index in [0.717, 1.165) is 6.42 Å². The van der Waals surface area contributed by atoms with Crippen LogP contribution in [-0.4, -0.2) is 0 Å². The lowest BCUT2D eigenvalue weighted by molar-refractivity contribution is 0.229. The summed E-state index contributed by atoms with van der Waals surface area (Å²) < 4.78 is 0. The van der Waals surface area contributed by atoms with Gasteiger partial charge >= 0.3 is 0 Å². The third-order valence-electron chi connectivity index (χ3n) is 3.66. The van der Waals surface area contributed by atoms with E-state index in [9.17, 15) is 4.91 Å². The van der Waals surface area contributed by atoms with Gasteiger partial charge in [-0.05, 0) is 47.0 Å². The van der Waals surface area contributed by atoms with E-state index in [1.807, 2.05) is 12.1 Å². The Hall–Kier alpha value is -1.18. The first-order valence-corrected chi connectivity index (χ1v) is 5.88. The van der Waals surface area contributed by atoms with Crippen LogP contribution in [0.1, 0.15) is 39.7 Å². The lowest BCUT2D eigenvalue weighted by atomic mass is 9.77. The topological polar surface area (TPSA) is 29.4 Å².